The lowest BCUT2D eigenvalue weighted by Crippen LogP contribution is -2.34. The molecule has 0 unspecified atom stereocenters. The van der Waals surface area contributed by atoms with Crippen molar-refractivity contribution in [2.45, 2.75) is 6.42 Å². The molecule has 0 saturated heterocycles. The van der Waals surface area contributed by atoms with Crippen LogP contribution in [0.15, 0.2) is 30.3 Å². The zero-order valence-electron chi connectivity index (χ0n) is 19.5. The first-order chi connectivity index (χ1) is 16.3. The van der Waals surface area contributed by atoms with E-state index in [-0.39, 0.29) is 29.0 Å². The van der Waals surface area contributed by atoms with E-state index in [0.717, 1.165) is 11.1 Å². The summed E-state index contributed by atoms with van der Waals surface area (Å²) >= 11 is 6.30. The largest absolute Gasteiger partial charge is 0.496 e. The molecule has 0 aliphatic carbocycles. The average Bonchev–Trinajstić information content (AvgIpc) is 2.86. The lowest BCUT2D eigenvalue weighted by Gasteiger charge is -2.28. The van der Waals surface area contributed by atoms with Crippen LogP contribution in [-0.4, -0.2) is 64.8 Å². The van der Waals surface area contributed by atoms with Gasteiger partial charge < -0.3 is 34.3 Å². The van der Waals surface area contributed by atoms with Crippen molar-refractivity contribution in [1.29, 1.82) is 0 Å². The standard InChI is InChI=1S/C24H27ClN2O7/c1-30-16-11-18(31-2)22(19(12-16)32-3)14-5-7-27(8-6-14)24(29)15-9-17(25)23(20(10-15)33-4)34-13-21(26)28/h5,9-12H,6-8,13H2,1-4H3,(H2,26,28). The molecule has 0 bridgehead atoms. The number of methoxy groups -OCH3 is 4. The zero-order valence-corrected chi connectivity index (χ0v) is 20.2. The number of benzene rings is 2. The first kappa shape index (κ1) is 25.0. The Kier molecular flexibility index (Phi) is 8.12. The number of ether oxygens (including phenoxy) is 5. The molecule has 182 valence electrons. The summed E-state index contributed by atoms with van der Waals surface area (Å²) in [7, 11) is 6.17. The lowest BCUT2D eigenvalue weighted by atomic mass is 9.96. The van der Waals surface area contributed by atoms with Crippen molar-refractivity contribution >= 4 is 29.0 Å². The molecule has 0 spiro atoms. The van der Waals surface area contributed by atoms with E-state index in [2.05, 4.69) is 0 Å². The smallest absolute Gasteiger partial charge is 0.255 e. The summed E-state index contributed by atoms with van der Waals surface area (Å²) in [6.07, 6.45) is 2.56. The van der Waals surface area contributed by atoms with Gasteiger partial charge in [0.2, 0.25) is 0 Å². The lowest BCUT2D eigenvalue weighted by molar-refractivity contribution is -0.119. The van der Waals surface area contributed by atoms with Gasteiger partial charge in [0.15, 0.2) is 18.1 Å². The second-order valence-electron chi connectivity index (χ2n) is 7.38. The number of halogens is 1. The molecule has 2 amide bonds. The molecule has 2 N–H and O–H groups in total. The van der Waals surface area contributed by atoms with Crippen LogP contribution >= 0.6 is 11.6 Å². The fourth-order valence-corrected chi connectivity index (χ4v) is 3.98. The molecule has 10 heteroatoms. The monoisotopic (exact) mass is 490 g/mol. The summed E-state index contributed by atoms with van der Waals surface area (Å²) in [5, 5.41) is 0.143. The highest BCUT2D eigenvalue weighted by atomic mass is 35.5. The van der Waals surface area contributed by atoms with Gasteiger partial charge in [0.25, 0.3) is 11.8 Å². The predicted octanol–water partition coefficient (Wildman–Crippen LogP) is 3.17. The van der Waals surface area contributed by atoms with E-state index in [1.165, 1.54) is 19.2 Å². The van der Waals surface area contributed by atoms with Crippen LogP contribution in [-0.2, 0) is 4.79 Å². The van der Waals surface area contributed by atoms with Gasteiger partial charge in [-0.1, -0.05) is 17.7 Å². The third-order valence-corrected chi connectivity index (χ3v) is 5.65. The SMILES string of the molecule is COc1cc(OC)c(C2=CCN(C(=O)c3cc(Cl)c(OCC(N)=O)c(OC)c3)CC2)c(OC)c1. The van der Waals surface area contributed by atoms with Crippen LogP contribution in [0.4, 0.5) is 0 Å². The molecule has 34 heavy (non-hydrogen) atoms. The molecule has 2 aromatic rings. The van der Waals surface area contributed by atoms with Gasteiger partial charge in [0, 0.05) is 30.8 Å². The highest BCUT2D eigenvalue weighted by molar-refractivity contribution is 6.32. The maximum Gasteiger partial charge on any atom is 0.255 e. The average molecular weight is 491 g/mol. The summed E-state index contributed by atoms with van der Waals surface area (Å²) in [4.78, 5) is 25.9. The van der Waals surface area contributed by atoms with E-state index in [9.17, 15) is 9.59 Å². The third-order valence-electron chi connectivity index (χ3n) is 5.37. The maximum absolute atomic E-state index is 13.2. The van der Waals surface area contributed by atoms with E-state index in [0.29, 0.717) is 42.3 Å². The van der Waals surface area contributed by atoms with Crippen molar-refractivity contribution in [2.24, 2.45) is 5.73 Å². The van der Waals surface area contributed by atoms with Crippen molar-refractivity contribution in [3.8, 4) is 28.7 Å². The topological polar surface area (TPSA) is 110 Å². The molecule has 0 atom stereocenters. The molecule has 3 rings (SSSR count). The quantitative estimate of drug-likeness (QED) is 0.575. The van der Waals surface area contributed by atoms with Crippen molar-refractivity contribution in [2.75, 3.05) is 48.1 Å². The maximum atomic E-state index is 13.2. The molecule has 0 aromatic heterocycles. The number of amides is 2. The Morgan fingerprint density at radius 3 is 2.12 bits per heavy atom. The molecule has 0 fully saturated rings. The number of nitrogens with zero attached hydrogens (tertiary/aromatic N) is 1. The Labute approximate surface area is 202 Å². The fourth-order valence-electron chi connectivity index (χ4n) is 3.71. The molecule has 1 aliphatic rings. The van der Waals surface area contributed by atoms with E-state index in [1.54, 1.807) is 38.4 Å². The first-order valence-electron chi connectivity index (χ1n) is 10.4. The summed E-state index contributed by atoms with van der Waals surface area (Å²) < 4.78 is 27.1. The van der Waals surface area contributed by atoms with Gasteiger partial charge in [0.05, 0.1) is 39.0 Å². The number of rotatable bonds is 9. The Bertz CT molecular complexity index is 1090. The van der Waals surface area contributed by atoms with Gasteiger partial charge in [-0.3, -0.25) is 9.59 Å². The summed E-state index contributed by atoms with van der Waals surface area (Å²) in [5.41, 5.74) is 7.30. The molecule has 0 saturated carbocycles. The van der Waals surface area contributed by atoms with Crippen LogP contribution in [0.1, 0.15) is 22.3 Å². The van der Waals surface area contributed by atoms with Gasteiger partial charge in [-0.2, -0.15) is 0 Å². The van der Waals surface area contributed by atoms with Crippen LogP contribution in [0.25, 0.3) is 5.57 Å². The molecule has 9 nitrogen and oxygen atoms in total. The summed E-state index contributed by atoms with van der Waals surface area (Å²) in [5.74, 6) is 1.40. The Morgan fingerprint density at radius 1 is 0.971 bits per heavy atom. The zero-order chi connectivity index (χ0) is 24.8. The highest BCUT2D eigenvalue weighted by Gasteiger charge is 2.25. The van der Waals surface area contributed by atoms with E-state index in [4.69, 9.17) is 41.0 Å². The van der Waals surface area contributed by atoms with Gasteiger partial charge in [-0.25, -0.2) is 0 Å². The van der Waals surface area contributed by atoms with Crippen molar-refractivity contribution < 1.29 is 33.3 Å². The van der Waals surface area contributed by atoms with E-state index < -0.39 is 5.91 Å². The van der Waals surface area contributed by atoms with Crippen molar-refractivity contribution in [1.82, 2.24) is 4.90 Å². The Hall–Kier alpha value is -3.59. The van der Waals surface area contributed by atoms with E-state index >= 15 is 0 Å². The van der Waals surface area contributed by atoms with Crippen LogP contribution in [0, 0.1) is 0 Å². The third kappa shape index (κ3) is 5.31. The minimum atomic E-state index is -0.653. The van der Waals surface area contributed by atoms with Crippen LogP contribution in [0.5, 0.6) is 28.7 Å². The minimum Gasteiger partial charge on any atom is -0.496 e. The van der Waals surface area contributed by atoms with Gasteiger partial charge in [-0.05, 0) is 24.1 Å². The van der Waals surface area contributed by atoms with Crippen LogP contribution in [0.2, 0.25) is 5.02 Å². The first-order valence-corrected chi connectivity index (χ1v) is 10.8. The molecular weight excluding hydrogens is 464 g/mol. The second kappa shape index (κ2) is 11.0. The van der Waals surface area contributed by atoms with Crippen molar-refractivity contribution in [3.63, 3.8) is 0 Å². The molecule has 1 heterocycles. The summed E-state index contributed by atoms with van der Waals surface area (Å²) in [6.45, 7) is 0.497. The number of carbonyl (C=O) groups is 2. The molecular formula is C24H27ClN2O7. The molecule has 0 radical (unpaired) electrons. The number of primary amides is 1. The fraction of sp³-hybridized carbons (Fsp3) is 0.333. The highest BCUT2D eigenvalue weighted by Crippen LogP contribution is 2.41. The van der Waals surface area contributed by atoms with Crippen LogP contribution < -0.4 is 29.4 Å². The minimum absolute atomic E-state index is 0.143. The second-order valence-corrected chi connectivity index (χ2v) is 7.79. The number of hydrogen-bond acceptors (Lipinski definition) is 7. The Balaban J connectivity index is 1.84. The predicted molar refractivity (Wildman–Crippen MR) is 127 cm³/mol. The van der Waals surface area contributed by atoms with Crippen LogP contribution in [0.3, 0.4) is 0 Å². The van der Waals surface area contributed by atoms with E-state index in [1.807, 2.05) is 6.08 Å². The number of hydrogen-bond donors (Lipinski definition) is 1. The van der Waals surface area contributed by atoms with Gasteiger partial charge >= 0.3 is 0 Å². The van der Waals surface area contributed by atoms with Gasteiger partial charge in [-0.15, -0.1) is 0 Å². The summed E-state index contributed by atoms with van der Waals surface area (Å²) in [6, 6.07) is 6.61. The molecule has 2 aromatic carbocycles. The number of carbonyl (C=O) groups excluding carboxylic acids is 2. The van der Waals surface area contributed by atoms with Gasteiger partial charge in [0.1, 0.15) is 17.2 Å². The normalized spacial score (nSPS) is 13.1. The molecule has 1 aliphatic heterocycles. The van der Waals surface area contributed by atoms with Crippen molar-refractivity contribution in [3.05, 3.63) is 46.5 Å². The number of nitrogens with two attached hydrogens (primary N) is 1. The Morgan fingerprint density at radius 2 is 1.62 bits per heavy atom.